The lowest BCUT2D eigenvalue weighted by atomic mass is 10.1. The zero-order valence-corrected chi connectivity index (χ0v) is 12.3. The molecule has 0 radical (unpaired) electrons. The number of amides is 1. The highest BCUT2D eigenvalue weighted by molar-refractivity contribution is 5.95. The van der Waals surface area contributed by atoms with Gasteiger partial charge in [0.1, 0.15) is 5.75 Å². The molecule has 0 aliphatic carbocycles. The minimum Gasteiger partial charge on any atom is -0.495 e. The second-order valence-electron chi connectivity index (χ2n) is 4.76. The summed E-state index contributed by atoms with van der Waals surface area (Å²) < 4.78 is 5.13. The molecule has 2 aromatic carbocycles. The van der Waals surface area contributed by atoms with Crippen molar-refractivity contribution in [1.82, 2.24) is 5.32 Å². The molecular weight excluding hydrogens is 264 g/mol. The normalized spacial score (nSPS) is 10.2. The van der Waals surface area contributed by atoms with Crippen LogP contribution >= 0.6 is 0 Å². The molecule has 1 amide bonds. The van der Waals surface area contributed by atoms with Gasteiger partial charge in [-0.15, -0.1) is 0 Å². The van der Waals surface area contributed by atoms with Crippen LogP contribution in [0.5, 0.6) is 5.75 Å². The van der Waals surface area contributed by atoms with Crippen LogP contribution in [0, 0.1) is 0 Å². The number of methoxy groups -OCH3 is 1. The van der Waals surface area contributed by atoms with Gasteiger partial charge in [-0.3, -0.25) is 4.79 Å². The van der Waals surface area contributed by atoms with Crippen LogP contribution in [0.15, 0.2) is 42.5 Å². The SMILES string of the molecule is CCc1ccccc1CNC(=O)c1ccc(N)c(OC)c1. The van der Waals surface area contributed by atoms with Gasteiger partial charge < -0.3 is 15.8 Å². The van der Waals surface area contributed by atoms with Gasteiger partial charge in [0, 0.05) is 12.1 Å². The van der Waals surface area contributed by atoms with Crippen molar-refractivity contribution in [3.63, 3.8) is 0 Å². The number of nitrogens with one attached hydrogen (secondary N) is 1. The van der Waals surface area contributed by atoms with Gasteiger partial charge in [-0.2, -0.15) is 0 Å². The molecule has 3 N–H and O–H groups in total. The summed E-state index contributed by atoms with van der Waals surface area (Å²) in [5.74, 6) is 0.371. The maximum atomic E-state index is 12.2. The Morgan fingerprint density at radius 1 is 1.19 bits per heavy atom. The minimum absolute atomic E-state index is 0.140. The summed E-state index contributed by atoms with van der Waals surface area (Å²) >= 11 is 0. The van der Waals surface area contributed by atoms with E-state index in [1.54, 1.807) is 18.2 Å². The van der Waals surface area contributed by atoms with Crippen molar-refractivity contribution in [2.75, 3.05) is 12.8 Å². The van der Waals surface area contributed by atoms with Crippen molar-refractivity contribution in [1.29, 1.82) is 0 Å². The maximum absolute atomic E-state index is 12.2. The van der Waals surface area contributed by atoms with Gasteiger partial charge in [-0.1, -0.05) is 31.2 Å². The number of carbonyl (C=O) groups is 1. The van der Waals surface area contributed by atoms with Crippen LogP contribution in [-0.4, -0.2) is 13.0 Å². The molecule has 0 saturated carbocycles. The minimum atomic E-state index is -0.140. The fourth-order valence-electron chi connectivity index (χ4n) is 2.20. The first-order chi connectivity index (χ1) is 10.2. The third-order valence-electron chi connectivity index (χ3n) is 3.43. The van der Waals surface area contributed by atoms with Gasteiger partial charge in [0.05, 0.1) is 12.8 Å². The first kappa shape index (κ1) is 14.9. The van der Waals surface area contributed by atoms with Crippen LogP contribution in [0.25, 0.3) is 0 Å². The summed E-state index contributed by atoms with van der Waals surface area (Å²) in [7, 11) is 1.53. The van der Waals surface area contributed by atoms with Crippen LogP contribution in [0.2, 0.25) is 0 Å². The molecule has 0 atom stereocenters. The number of nitrogen functional groups attached to an aromatic ring is 1. The Morgan fingerprint density at radius 2 is 1.90 bits per heavy atom. The highest BCUT2D eigenvalue weighted by Crippen LogP contribution is 2.22. The van der Waals surface area contributed by atoms with E-state index >= 15 is 0 Å². The number of benzene rings is 2. The topological polar surface area (TPSA) is 64.4 Å². The average molecular weight is 284 g/mol. The molecule has 2 rings (SSSR count). The first-order valence-corrected chi connectivity index (χ1v) is 6.94. The van der Waals surface area contributed by atoms with Gasteiger partial charge in [0.25, 0.3) is 5.91 Å². The summed E-state index contributed by atoms with van der Waals surface area (Å²) in [6.07, 6.45) is 0.946. The van der Waals surface area contributed by atoms with Crippen molar-refractivity contribution in [3.8, 4) is 5.75 Å². The lowest BCUT2D eigenvalue weighted by Gasteiger charge is -2.10. The Balaban J connectivity index is 2.08. The van der Waals surface area contributed by atoms with E-state index in [1.807, 2.05) is 18.2 Å². The summed E-state index contributed by atoms with van der Waals surface area (Å²) in [5.41, 5.74) is 9.18. The second kappa shape index (κ2) is 6.79. The number of hydrogen-bond donors (Lipinski definition) is 2. The van der Waals surface area contributed by atoms with Gasteiger partial charge in [-0.05, 0) is 35.7 Å². The summed E-state index contributed by atoms with van der Waals surface area (Å²) in [5, 5.41) is 2.93. The zero-order chi connectivity index (χ0) is 15.2. The Hall–Kier alpha value is -2.49. The highest BCUT2D eigenvalue weighted by Gasteiger charge is 2.09. The number of nitrogens with two attached hydrogens (primary N) is 1. The van der Waals surface area contributed by atoms with Crippen LogP contribution in [0.3, 0.4) is 0 Å². The molecule has 110 valence electrons. The maximum Gasteiger partial charge on any atom is 0.251 e. The van der Waals surface area contributed by atoms with Crippen molar-refractivity contribution < 1.29 is 9.53 Å². The van der Waals surface area contributed by atoms with E-state index in [4.69, 9.17) is 10.5 Å². The predicted octanol–water partition coefficient (Wildman–Crippen LogP) is 2.77. The molecule has 0 aromatic heterocycles. The fourth-order valence-corrected chi connectivity index (χ4v) is 2.20. The van der Waals surface area contributed by atoms with E-state index in [1.165, 1.54) is 12.7 Å². The molecule has 0 aliphatic heterocycles. The van der Waals surface area contributed by atoms with Crippen molar-refractivity contribution in [2.24, 2.45) is 0 Å². The third kappa shape index (κ3) is 3.54. The second-order valence-corrected chi connectivity index (χ2v) is 4.76. The van der Waals surface area contributed by atoms with Gasteiger partial charge in [-0.25, -0.2) is 0 Å². The molecule has 0 bridgehead atoms. The van der Waals surface area contributed by atoms with Crippen LogP contribution in [-0.2, 0) is 13.0 Å². The lowest BCUT2D eigenvalue weighted by Crippen LogP contribution is -2.23. The monoisotopic (exact) mass is 284 g/mol. The van der Waals surface area contributed by atoms with Gasteiger partial charge >= 0.3 is 0 Å². The number of anilines is 1. The molecule has 0 saturated heterocycles. The van der Waals surface area contributed by atoms with E-state index < -0.39 is 0 Å². The molecule has 0 aliphatic rings. The smallest absolute Gasteiger partial charge is 0.251 e. The number of rotatable bonds is 5. The van der Waals surface area contributed by atoms with E-state index in [0.29, 0.717) is 23.5 Å². The zero-order valence-electron chi connectivity index (χ0n) is 12.3. The van der Waals surface area contributed by atoms with Crippen LogP contribution in [0.1, 0.15) is 28.4 Å². The standard InChI is InChI=1S/C17H20N2O2/c1-3-12-6-4-5-7-14(12)11-19-17(20)13-8-9-15(18)16(10-13)21-2/h4-10H,3,11,18H2,1-2H3,(H,19,20). The van der Waals surface area contributed by atoms with E-state index in [-0.39, 0.29) is 5.91 Å². The van der Waals surface area contributed by atoms with Gasteiger partial charge in [0.15, 0.2) is 0 Å². The quantitative estimate of drug-likeness (QED) is 0.830. The Bertz CT molecular complexity index is 638. The molecular formula is C17H20N2O2. The first-order valence-electron chi connectivity index (χ1n) is 6.94. The Kier molecular flexibility index (Phi) is 4.82. The molecule has 21 heavy (non-hydrogen) atoms. The number of carbonyl (C=O) groups excluding carboxylic acids is 1. The lowest BCUT2D eigenvalue weighted by molar-refractivity contribution is 0.0950. The number of ether oxygens (including phenoxy) is 1. The summed E-state index contributed by atoms with van der Waals surface area (Å²) in [4.78, 5) is 12.2. The molecule has 0 unspecified atom stereocenters. The molecule has 0 heterocycles. The Morgan fingerprint density at radius 3 is 2.57 bits per heavy atom. The summed E-state index contributed by atoms with van der Waals surface area (Å²) in [6, 6.07) is 13.1. The number of aryl methyl sites for hydroxylation is 1. The van der Waals surface area contributed by atoms with Crippen molar-refractivity contribution in [2.45, 2.75) is 19.9 Å². The van der Waals surface area contributed by atoms with E-state index in [2.05, 4.69) is 18.3 Å². The average Bonchev–Trinajstić information content (AvgIpc) is 2.53. The highest BCUT2D eigenvalue weighted by atomic mass is 16.5. The van der Waals surface area contributed by atoms with Crippen molar-refractivity contribution >= 4 is 11.6 Å². The van der Waals surface area contributed by atoms with Gasteiger partial charge in [0.2, 0.25) is 0 Å². The molecule has 2 aromatic rings. The number of hydrogen-bond acceptors (Lipinski definition) is 3. The molecule has 0 spiro atoms. The molecule has 4 nitrogen and oxygen atoms in total. The van der Waals surface area contributed by atoms with Crippen LogP contribution < -0.4 is 15.8 Å². The third-order valence-corrected chi connectivity index (χ3v) is 3.43. The van der Waals surface area contributed by atoms with E-state index in [9.17, 15) is 4.79 Å². The Labute approximate surface area is 124 Å². The summed E-state index contributed by atoms with van der Waals surface area (Å²) in [6.45, 7) is 2.61. The largest absolute Gasteiger partial charge is 0.495 e. The fraction of sp³-hybridized carbons (Fsp3) is 0.235. The van der Waals surface area contributed by atoms with Crippen LogP contribution in [0.4, 0.5) is 5.69 Å². The predicted molar refractivity (Wildman–Crippen MR) is 84.4 cm³/mol. The molecule has 0 fully saturated rings. The van der Waals surface area contributed by atoms with Crippen molar-refractivity contribution in [3.05, 3.63) is 59.2 Å². The van der Waals surface area contributed by atoms with E-state index in [0.717, 1.165) is 12.0 Å². The molecule has 4 heteroatoms.